The number of anilines is 1. The van der Waals surface area contributed by atoms with Crippen LogP contribution in [0.3, 0.4) is 0 Å². The van der Waals surface area contributed by atoms with Crippen LogP contribution in [0.2, 0.25) is 5.28 Å². The fraction of sp³-hybridized carbons (Fsp3) is 0.588. The van der Waals surface area contributed by atoms with E-state index >= 15 is 0 Å². The Hall–Kier alpha value is -1.82. The maximum atomic E-state index is 12.4. The Kier molecular flexibility index (Phi) is 4.67. The highest BCUT2D eigenvalue weighted by atomic mass is 35.5. The minimum absolute atomic E-state index is 0.115. The molecule has 1 aliphatic rings. The van der Waals surface area contributed by atoms with Crippen LogP contribution in [-0.4, -0.2) is 32.3 Å². The van der Waals surface area contributed by atoms with Gasteiger partial charge in [-0.1, -0.05) is 19.3 Å². The Morgan fingerprint density at radius 3 is 2.67 bits per heavy atom. The summed E-state index contributed by atoms with van der Waals surface area (Å²) in [7, 11) is 0. The number of nitrogens with one attached hydrogen (secondary N) is 1. The Bertz CT molecular complexity index is 745. The lowest BCUT2D eigenvalue weighted by Crippen LogP contribution is -2.27. The van der Waals surface area contributed by atoms with Crippen molar-refractivity contribution in [3.05, 3.63) is 17.5 Å². The van der Waals surface area contributed by atoms with Gasteiger partial charge in [-0.2, -0.15) is 4.98 Å². The second-order valence-electron chi connectivity index (χ2n) is 7.22. The maximum Gasteiger partial charge on any atom is 0.420 e. The molecule has 130 valence electrons. The van der Waals surface area contributed by atoms with E-state index in [9.17, 15) is 4.79 Å². The fourth-order valence-corrected chi connectivity index (χ4v) is 3.16. The monoisotopic (exact) mass is 350 g/mol. The summed E-state index contributed by atoms with van der Waals surface area (Å²) in [6.07, 6.45) is 7.14. The van der Waals surface area contributed by atoms with Crippen LogP contribution in [0.1, 0.15) is 52.9 Å². The zero-order valence-electron chi connectivity index (χ0n) is 14.3. The highest BCUT2D eigenvalue weighted by Crippen LogP contribution is 2.27. The first-order chi connectivity index (χ1) is 11.3. The molecule has 0 radical (unpaired) electrons. The van der Waals surface area contributed by atoms with Crippen molar-refractivity contribution in [3.63, 3.8) is 0 Å². The lowest BCUT2D eigenvalue weighted by molar-refractivity contribution is 0.0543. The number of carbonyl (C=O) groups is 1. The van der Waals surface area contributed by atoms with Gasteiger partial charge in [0.15, 0.2) is 5.65 Å². The molecule has 6 nitrogen and oxygen atoms in total. The van der Waals surface area contributed by atoms with Crippen LogP contribution in [0.25, 0.3) is 11.0 Å². The summed E-state index contributed by atoms with van der Waals surface area (Å²) < 4.78 is 6.80. The Morgan fingerprint density at radius 1 is 1.29 bits per heavy atom. The van der Waals surface area contributed by atoms with E-state index < -0.39 is 11.7 Å². The van der Waals surface area contributed by atoms with E-state index in [2.05, 4.69) is 15.3 Å². The van der Waals surface area contributed by atoms with Crippen LogP contribution in [-0.2, 0) is 4.74 Å². The first-order valence-corrected chi connectivity index (χ1v) is 8.76. The van der Waals surface area contributed by atoms with Crippen molar-refractivity contribution in [2.45, 2.75) is 64.5 Å². The second-order valence-corrected chi connectivity index (χ2v) is 7.56. The topological polar surface area (TPSA) is 69.0 Å². The molecule has 0 aromatic carbocycles. The van der Waals surface area contributed by atoms with E-state index in [0.717, 1.165) is 18.2 Å². The zero-order chi connectivity index (χ0) is 17.3. The number of hydrogen-bond donors (Lipinski definition) is 1. The Labute approximate surface area is 146 Å². The number of nitrogens with zero attached hydrogens (tertiary/aromatic N) is 3. The first kappa shape index (κ1) is 17.0. The molecule has 0 atom stereocenters. The van der Waals surface area contributed by atoms with Gasteiger partial charge in [0.25, 0.3) is 0 Å². The lowest BCUT2D eigenvalue weighted by Gasteiger charge is -2.23. The fourth-order valence-electron chi connectivity index (χ4n) is 3.00. The number of rotatable bonds is 2. The predicted molar refractivity (Wildman–Crippen MR) is 94.7 cm³/mol. The van der Waals surface area contributed by atoms with Gasteiger partial charge >= 0.3 is 6.09 Å². The molecule has 1 fully saturated rings. The number of hydrogen-bond acceptors (Lipinski definition) is 5. The maximum absolute atomic E-state index is 12.4. The van der Waals surface area contributed by atoms with Crippen molar-refractivity contribution in [1.82, 2.24) is 14.5 Å². The summed E-state index contributed by atoms with van der Waals surface area (Å²) in [6.45, 7) is 5.48. The molecule has 0 aliphatic heterocycles. The third-order valence-electron chi connectivity index (χ3n) is 4.05. The van der Waals surface area contributed by atoms with Crippen LogP contribution >= 0.6 is 11.6 Å². The molecule has 0 spiro atoms. The molecule has 0 unspecified atom stereocenters. The number of carbonyl (C=O) groups excluding carboxylic acids is 1. The first-order valence-electron chi connectivity index (χ1n) is 8.38. The van der Waals surface area contributed by atoms with Gasteiger partial charge in [-0.25, -0.2) is 14.3 Å². The second kappa shape index (κ2) is 6.59. The molecule has 2 aromatic heterocycles. The number of fused-ring (bicyclic) bond motifs is 1. The summed E-state index contributed by atoms with van der Waals surface area (Å²) in [5.41, 5.74) is -0.115. The van der Waals surface area contributed by atoms with E-state index in [1.807, 2.05) is 26.8 Å². The number of aromatic nitrogens is 3. The van der Waals surface area contributed by atoms with Gasteiger partial charge in [-0.15, -0.1) is 0 Å². The summed E-state index contributed by atoms with van der Waals surface area (Å²) in [5.74, 6) is 0.680. The molecule has 1 saturated carbocycles. The van der Waals surface area contributed by atoms with Crippen molar-refractivity contribution in [3.8, 4) is 0 Å². The average Bonchev–Trinajstić information content (AvgIpc) is 2.90. The van der Waals surface area contributed by atoms with Gasteiger partial charge in [0.2, 0.25) is 5.28 Å². The molecular weight excluding hydrogens is 328 g/mol. The van der Waals surface area contributed by atoms with Gasteiger partial charge in [0.05, 0.1) is 5.39 Å². The molecule has 1 aliphatic carbocycles. The molecule has 0 amide bonds. The predicted octanol–water partition coefficient (Wildman–Crippen LogP) is 4.61. The smallest absolute Gasteiger partial charge is 0.420 e. The van der Waals surface area contributed by atoms with Gasteiger partial charge in [-0.3, -0.25) is 0 Å². The van der Waals surface area contributed by atoms with E-state index in [0.29, 0.717) is 17.5 Å². The third-order valence-corrected chi connectivity index (χ3v) is 4.22. The van der Waals surface area contributed by atoms with E-state index in [1.54, 1.807) is 6.20 Å². The number of halogens is 1. The normalized spacial score (nSPS) is 16.3. The molecule has 7 heteroatoms. The molecule has 0 bridgehead atoms. The van der Waals surface area contributed by atoms with Crippen molar-refractivity contribution in [2.75, 3.05) is 5.32 Å². The van der Waals surface area contributed by atoms with E-state index in [1.165, 1.54) is 23.8 Å². The van der Waals surface area contributed by atoms with Gasteiger partial charge in [0.1, 0.15) is 11.4 Å². The molecule has 1 N–H and O–H groups in total. The largest absolute Gasteiger partial charge is 0.443 e. The standard InChI is InChI=1S/C17H23ClN4O2/c1-17(2,3)24-16(23)22-10-9-12-13(20-15(18)21-14(12)22)19-11-7-5-4-6-8-11/h9-11H,4-8H2,1-3H3,(H,19,20,21). The lowest BCUT2D eigenvalue weighted by atomic mass is 9.95. The average molecular weight is 351 g/mol. The quantitative estimate of drug-likeness (QED) is 0.801. The molecule has 3 rings (SSSR count). The Balaban J connectivity index is 1.93. The summed E-state index contributed by atoms with van der Waals surface area (Å²) >= 11 is 6.08. The van der Waals surface area contributed by atoms with Crippen LogP contribution in [0.5, 0.6) is 0 Å². The van der Waals surface area contributed by atoms with Crippen LogP contribution in [0.4, 0.5) is 10.6 Å². The minimum atomic E-state index is -0.576. The highest BCUT2D eigenvalue weighted by molar-refractivity contribution is 6.28. The van der Waals surface area contributed by atoms with Crippen molar-refractivity contribution >= 4 is 34.5 Å². The summed E-state index contributed by atoms with van der Waals surface area (Å²) in [6, 6.07) is 2.21. The van der Waals surface area contributed by atoms with Gasteiger partial charge in [-0.05, 0) is 51.3 Å². The molecule has 2 heterocycles. The summed E-state index contributed by atoms with van der Waals surface area (Å²) in [4.78, 5) is 20.9. The molecule has 2 aromatic rings. The van der Waals surface area contributed by atoms with E-state index in [-0.39, 0.29) is 5.28 Å². The van der Waals surface area contributed by atoms with E-state index in [4.69, 9.17) is 16.3 Å². The summed E-state index contributed by atoms with van der Waals surface area (Å²) in [5, 5.41) is 4.35. The third kappa shape index (κ3) is 3.80. The number of ether oxygens (including phenoxy) is 1. The SMILES string of the molecule is CC(C)(C)OC(=O)n1ccc2c(NC3CCCCC3)nc(Cl)nc21. The molecular formula is C17H23ClN4O2. The van der Waals surface area contributed by atoms with Crippen molar-refractivity contribution in [1.29, 1.82) is 0 Å². The van der Waals surface area contributed by atoms with Gasteiger partial charge < -0.3 is 10.1 Å². The van der Waals surface area contributed by atoms with Crippen molar-refractivity contribution < 1.29 is 9.53 Å². The van der Waals surface area contributed by atoms with Crippen molar-refractivity contribution in [2.24, 2.45) is 0 Å². The minimum Gasteiger partial charge on any atom is -0.443 e. The van der Waals surface area contributed by atoms with Crippen LogP contribution < -0.4 is 5.32 Å². The molecule has 0 saturated heterocycles. The Morgan fingerprint density at radius 2 is 2.00 bits per heavy atom. The molecule has 24 heavy (non-hydrogen) atoms. The zero-order valence-corrected chi connectivity index (χ0v) is 15.1. The van der Waals surface area contributed by atoms with Crippen LogP contribution in [0.15, 0.2) is 12.3 Å². The van der Waals surface area contributed by atoms with Gasteiger partial charge in [0, 0.05) is 12.2 Å². The highest BCUT2D eigenvalue weighted by Gasteiger charge is 2.22. The van der Waals surface area contributed by atoms with Crippen LogP contribution in [0, 0.1) is 0 Å².